The van der Waals surface area contributed by atoms with Crippen LogP contribution in [0.3, 0.4) is 0 Å². The van der Waals surface area contributed by atoms with Crippen LogP contribution in [0.5, 0.6) is 0 Å². The fourth-order valence-corrected chi connectivity index (χ4v) is 1.17. The summed E-state index contributed by atoms with van der Waals surface area (Å²) in [5.74, 6) is -0.998. The molecule has 0 atom stereocenters. The highest BCUT2D eigenvalue weighted by Crippen LogP contribution is 2.06. The molecule has 0 heterocycles. The minimum atomic E-state index is -0.540. The molecule has 0 fully saturated rings. The Morgan fingerprint density at radius 2 is 1.67 bits per heavy atom. The van der Waals surface area contributed by atoms with Gasteiger partial charge in [0.25, 0.3) is 0 Å². The smallest absolute Gasteiger partial charge is 0.338 e. The van der Waals surface area contributed by atoms with Crippen molar-refractivity contribution in [3.63, 3.8) is 0 Å². The van der Waals surface area contributed by atoms with Crippen molar-refractivity contribution in [3.8, 4) is 0 Å². The van der Waals surface area contributed by atoms with E-state index in [-0.39, 0.29) is 13.2 Å². The normalized spacial score (nSPS) is 9.33. The number of esters is 2. The summed E-state index contributed by atoms with van der Waals surface area (Å²) in [5.41, 5.74) is 1.36. The van der Waals surface area contributed by atoms with Crippen molar-refractivity contribution in [2.75, 3.05) is 13.2 Å². The van der Waals surface area contributed by atoms with Crippen LogP contribution >= 0.6 is 0 Å². The number of carbonyl (C=O) groups excluding carboxylic acids is 2. The fourth-order valence-electron chi connectivity index (χ4n) is 1.17. The van der Waals surface area contributed by atoms with E-state index in [4.69, 9.17) is 4.74 Å². The lowest BCUT2D eigenvalue weighted by Gasteiger charge is -2.05. The predicted molar refractivity (Wildman–Crippen MR) is 68.0 cm³/mol. The zero-order chi connectivity index (χ0) is 13.4. The molecule has 0 spiro atoms. The summed E-state index contributed by atoms with van der Waals surface area (Å²) in [5, 5.41) is 0. The van der Waals surface area contributed by atoms with E-state index in [0.717, 1.165) is 11.6 Å². The Bertz CT molecular complexity index is 445. The van der Waals surface area contributed by atoms with Gasteiger partial charge in [-0.05, 0) is 17.7 Å². The maximum atomic E-state index is 11.5. The minimum absolute atomic E-state index is 0.0152. The average molecular weight is 246 g/mol. The first-order valence-electron chi connectivity index (χ1n) is 5.36. The third-order valence-electron chi connectivity index (χ3n) is 2.11. The average Bonchev–Trinajstić information content (AvgIpc) is 2.43. The number of carbonyl (C=O) groups is 2. The first-order valence-corrected chi connectivity index (χ1v) is 5.36. The molecule has 0 radical (unpaired) electrons. The van der Waals surface area contributed by atoms with Crippen molar-refractivity contribution >= 4 is 18.0 Å². The van der Waals surface area contributed by atoms with E-state index in [9.17, 15) is 9.59 Å². The van der Waals surface area contributed by atoms with E-state index in [1.54, 1.807) is 30.3 Å². The number of hydrogen-bond acceptors (Lipinski definition) is 4. The summed E-state index contributed by atoms with van der Waals surface area (Å²) in [4.78, 5) is 22.3. The summed E-state index contributed by atoms with van der Waals surface area (Å²) in [7, 11) is 0. The van der Waals surface area contributed by atoms with E-state index in [2.05, 4.69) is 17.9 Å². The third kappa shape index (κ3) is 4.25. The molecule has 0 aliphatic carbocycles. The van der Waals surface area contributed by atoms with E-state index in [0.29, 0.717) is 5.56 Å². The predicted octanol–water partition coefficient (Wildman–Crippen LogP) is 2.22. The van der Waals surface area contributed by atoms with Crippen molar-refractivity contribution in [2.45, 2.75) is 0 Å². The van der Waals surface area contributed by atoms with Crippen molar-refractivity contribution in [2.24, 2.45) is 0 Å². The van der Waals surface area contributed by atoms with Gasteiger partial charge in [-0.2, -0.15) is 0 Å². The molecule has 18 heavy (non-hydrogen) atoms. The van der Waals surface area contributed by atoms with E-state index < -0.39 is 11.9 Å². The Balaban J connectivity index is 2.38. The molecule has 0 saturated heterocycles. The molecule has 0 N–H and O–H groups in total. The van der Waals surface area contributed by atoms with Gasteiger partial charge in [0.05, 0.1) is 5.56 Å². The summed E-state index contributed by atoms with van der Waals surface area (Å²) in [6.07, 6.45) is 2.74. The van der Waals surface area contributed by atoms with Crippen LogP contribution in [0.25, 0.3) is 6.08 Å². The second-order valence-electron chi connectivity index (χ2n) is 3.33. The van der Waals surface area contributed by atoms with Crippen molar-refractivity contribution < 1.29 is 19.1 Å². The Labute approximate surface area is 106 Å². The van der Waals surface area contributed by atoms with Crippen LogP contribution in [0.2, 0.25) is 0 Å². The van der Waals surface area contributed by atoms with Crippen LogP contribution in [0.1, 0.15) is 15.9 Å². The van der Waals surface area contributed by atoms with Gasteiger partial charge in [0.1, 0.15) is 13.2 Å². The monoisotopic (exact) mass is 246 g/mol. The van der Waals surface area contributed by atoms with Gasteiger partial charge in [0, 0.05) is 6.08 Å². The molecule has 94 valence electrons. The zero-order valence-electron chi connectivity index (χ0n) is 9.93. The van der Waals surface area contributed by atoms with Crippen LogP contribution in [0, 0.1) is 0 Å². The molecule has 0 aliphatic heterocycles. The lowest BCUT2D eigenvalue weighted by molar-refractivity contribution is -0.138. The zero-order valence-corrected chi connectivity index (χ0v) is 9.93. The molecule has 0 aromatic heterocycles. The standard InChI is InChI=1S/C14H14O4/c1-3-11-5-7-12(8-6-11)14(16)18-10-9-17-13(15)4-2/h3-8H,1-2,9-10H2. The largest absolute Gasteiger partial charge is 0.459 e. The maximum absolute atomic E-state index is 11.5. The number of benzene rings is 1. The Morgan fingerprint density at radius 3 is 2.22 bits per heavy atom. The van der Waals surface area contributed by atoms with Gasteiger partial charge in [-0.1, -0.05) is 31.4 Å². The number of ether oxygens (including phenoxy) is 2. The molecule has 4 nitrogen and oxygen atoms in total. The molecular weight excluding hydrogens is 232 g/mol. The van der Waals surface area contributed by atoms with Gasteiger partial charge in [-0.3, -0.25) is 0 Å². The summed E-state index contributed by atoms with van der Waals surface area (Å²) in [6.45, 7) is 6.90. The Kier molecular flexibility index (Phi) is 5.38. The topological polar surface area (TPSA) is 52.6 Å². The van der Waals surface area contributed by atoms with Crippen LogP contribution in [-0.4, -0.2) is 25.2 Å². The second kappa shape index (κ2) is 7.06. The summed E-state index contributed by atoms with van der Waals surface area (Å²) in [6, 6.07) is 6.83. The number of rotatable bonds is 6. The highest BCUT2D eigenvalue weighted by atomic mass is 16.6. The minimum Gasteiger partial charge on any atom is -0.459 e. The second-order valence-corrected chi connectivity index (χ2v) is 3.33. The van der Waals surface area contributed by atoms with Gasteiger partial charge in [0.15, 0.2) is 0 Å². The quantitative estimate of drug-likeness (QED) is 0.438. The van der Waals surface area contributed by atoms with Gasteiger partial charge < -0.3 is 9.47 Å². The van der Waals surface area contributed by atoms with Gasteiger partial charge in [-0.25, -0.2) is 9.59 Å². The highest BCUT2D eigenvalue weighted by Gasteiger charge is 2.06. The van der Waals surface area contributed by atoms with Crippen molar-refractivity contribution in [1.29, 1.82) is 0 Å². The van der Waals surface area contributed by atoms with Crippen LogP contribution < -0.4 is 0 Å². The molecule has 1 rings (SSSR count). The maximum Gasteiger partial charge on any atom is 0.338 e. The lowest BCUT2D eigenvalue weighted by atomic mass is 10.1. The molecule has 0 bridgehead atoms. The molecular formula is C14H14O4. The van der Waals surface area contributed by atoms with E-state index in [1.807, 2.05) is 0 Å². The Morgan fingerprint density at radius 1 is 1.06 bits per heavy atom. The summed E-state index contributed by atoms with van der Waals surface area (Å²) >= 11 is 0. The van der Waals surface area contributed by atoms with Crippen molar-refractivity contribution in [3.05, 3.63) is 54.6 Å². The van der Waals surface area contributed by atoms with Gasteiger partial charge in [0.2, 0.25) is 0 Å². The molecule has 1 aromatic rings. The highest BCUT2D eigenvalue weighted by molar-refractivity contribution is 5.89. The molecule has 0 unspecified atom stereocenters. The third-order valence-corrected chi connectivity index (χ3v) is 2.11. The van der Waals surface area contributed by atoms with Crippen LogP contribution in [-0.2, 0) is 14.3 Å². The molecule has 1 aromatic carbocycles. The molecule has 0 saturated carbocycles. The Hall–Kier alpha value is -2.36. The number of hydrogen-bond donors (Lipinski definition) is 0. The van der Waals surface area contributed by atoms with Gasteiger partial charge in [-0.15, -0.1) is 0 Å². The lowest BCUT2D eigenvalue weighted by Crippen LogP contribution is -2.12. The SMILES string of the molecule is C=CC(=O)OCCOC(=O)c1ccc(C=C)cc1. The molecule has 0 amide bonds. The van der Waals surface area contributed by atoms with Gasteiger partial charge >= 0.3 is 11.9 Å². The molecule has 4 heteroatoms. The van der Waals surface area contributed by atoms with Crippen molar-refractivity contribution in [1.82, 2.24) is 0 Å². The molecule has 0 aliphatic rings. The first-order chi connectivity index (χ1) is 8.67. The van der Waals surface area contributed by atoms with E-state index in [1.165, 1.54) is 0 Å². The summed E-state index contributed by atoms with van der Waals surface area (Å²) < 4.78 is 9.59. The fraction of sp³-hybridized carbons (Fsp3) is 0.143. The van der Waals surface area contributed by atoms with Crippen LogP contribution in [0.4, 0.5) is 0 Å². The van der Waals surface area contributed by atoms with Crippen LogP contribution in [0.15, 0.2) is 43.5 Å². The van der Waals surface area contributed by atoms with E-state index >= 15 is 0 Å². The first kappa shape index (κ1) is 13.7.